The quantitative estimate of drug-likeness (QED) is 0.806. The van der Waals surface area contributed by atoms with E-state index in [0.29, 0.717) is 18.2 Å². The Morgan fingerprint density at radius 2 is 1.92 bits per heavy atom. The molecule has 132 valence electrons. The van der Waals surface area contributed by atoms with Crippen LogP contribution in [-0.2, 0) is 21.0 Å². The van der Waals surface area contributed by atoms with Gasteiger partial charge < -0.3 is 5.11 Å². The highest BCUT2D eigenvalue weighted by atomic mass is 32.2. The Bertz CT molecular complexity index is 780. The molecule has 24 heavy (non-hydrogen) atoms. The minimum Gasteiger partial charge on any atom is -0.481 e. The Morgan fingerprint density at radius 3 is 2.38 bits per heavy atom. The molecule has 0 aromatic heterocycles. The van der Waals surface area contributed by atoms with Crippen molar-refractivity contribution in [3.63, 3.8) is 0 Å². The zero-order valence-electron chi connectivity index (χ0n) is 12.8. The summed E-state index contributed by atoms with van der Waals surface area (Å²) in [7, 11) is -4.30. The molecule has 0 saturated carbocycles. The van der Waals surface area contributed by atoms with E-state index in [1.54, 1.807) is 0 Å². The number of carboxylic acid groups (broad SMARTS) is 1. The van der Waals surface area contributed by atoms with Gasteiger partial charge in [-0.2, -0.15) is 18.4 Å². The van der Waals surface area contributed by atoms with Crippen LogP contribution < -0.4 is 4.72 Å². The lowest BCUT2D eigenvalue weighted by atomic mass is 10.0. The van der Waals surface area contributed by atoms with E-state index in [1.807, 2.05) is 0 Å². The van der Waals surface area contributed by atoms with Crippen molar-refractivity contribution in [2.45, 2.75) is 43.3 Å². The second kappa shape index (κ2) is 6.78. The number of alkyl halides is 3. The molecule has 0 spiro atoms. The maximum absolute atomic E-state index is 12.6. The van der Waals surface area contributed by atoms with Crippen LogP contribution in [-0.4, -0.2) is 25.0 Å². The molecule has 0 aliphatic rings. The van der Waals surface area contributed by atoms with E-state index in [2.05, 4.69) is 4.72 Å². The highest BCUT2D eigenvalue weighted by Gasteiger charge is 2.33. The van der Waals surface area contributed by atoms with Gasteiger partial charge in [0.25, 0.3) is 0 Å². The van der Waals surface area contributed by atoms with Gasteiger partial charge in [-0.15, -0.1) is 0 Å². The van der Waals surface area contributed by atoms with Gasteiger partial charge >= 0.3 is 12.1 Å². The lowest BCUT2D eigenvalue weighted by Crippen LogP contribution is -2.43. The molecule has 10 heteroatoms. The maximum atomic E-state index is 12.6. The van der Waals surface area contributed by atoms with Gasteiger partial charge in [0.1, 0.15) is 6.07 Å². The summed E-state index contributed by atoms with van der Waals surface area (Å²) in [4.78, 5) is 9.99. The molecule has 0 fully saturated rings. The van der Waals surface area contributed by atoms with Crippen molar-refractivity contribution in [3.8, 4) is 6.07 Å². The predicted octanol–water partition coefficient (Wildman–Crippen LogP) is 2.50. The van der Waals surface area contributed by atoms with Crippen molar-refractivity contribution in [2.24, 2.45) is 0 Å². The molecular formula is C14H15F3N2O4S. The molecule has 0 bridgehead atoms. The number of hydrogen-bond donors (Lipinski definition) is 2. The van der Waals surface area contributed by atoms with Crippen LogP contribution in [0.15, 0.2) is 23.1 Å². The maximum Gasteiger partial charge on any atom is 0.416 e. The first kappa shape index (κ1) is 19.9. The fourth-order valence-electron chi connectivity index (χ4n) is 1.92. The minimum absolute atomic E-state index is 0.0376. The average Bonchev–Trinajstić information content (AvgIpc) is 2.42. The standard InChI is InChI=1S/C14H15F3N2O4S/c1-13(2,6-5-12(20)21)19-24(22,23)11-4-3-10(14(15,16)17)7-9(11)8-18/h3-4,7,19H,5-6H2,1-2H3,(H,20,21). The summed E-state index contributed by atoms with van der Waals surface area (Å²) < 4.78 is 64.8. The van der Waals surface area contributed by atoms with E-state index in [4.69, 9.17) is 10.4 Å². The smallest absolute Gasteiger partial charge is 0.416 e. The number of aliphatic carboxylic acids is 1. The first-order valence-corrected chi connectivity index (χ1v) is 8.14. The molecule has 2 N–H and O–H groups in total. The van der Waals surface area contributed by atoms with E-state index in [9.17, 15) is 26.4 Å². The number of nitrogens with zero attached hydrogens (tertiary/aromatic N) is 1. The number of nitriles is 1. The van der Waals surface area contributed by atoms with Crippen LogP contribution in [0, 0.1) is 11.3 Å². The van der Waals surface area contributed by atoms with Crippen LogP contribution in [0.3, 0.4) is 0 Å². The molecule has 1 aromatic rings. The summed E-state index contributed by atoms with van der Waals surface area (Å²) in [5.41, 5.74) is -2.94. The summed E-state index contributed by atoms with van der Waals surface area (Å²) in [5.74, 6) is -1.12. The molecule has 0 saturated heterocycles. The van der Waals surface area contributed by atoms with Gasteiger partial charge in [0, 0.05) is 12.0 Å². The first-order valence-electron chi connectivity index (χ1n) is 6.66. The van der Waals surface area contributed by atoms with Crippen LogP contribution >= 0.6 is 0 Å². The number of carbonyl (C=O) groups is 1. The molecule has 0 atom stereocenters. The summed E-state index contributed by atoms with van der Waals surface area (Å²) in [5, 5.41) is 17.6. The van der Waals surface area contributed by atoms with Gasteiger partial charge in [-0.3, -0.25) is 4.79 Å². The van der Waals surface area contributed by atoms with Gasteiger partial charge in [-0.25, -0.2) is 13.1 Å². The van der Waals surface area contributed by atoms with Crippen molar-refractivity contribution in [1.29, 1.82) is 5.26 Å². The molecule has 0 aliphatic heterocycles. The number of benzene rings is 1. The Hall–Kier alpha value is -2.12. The summed E-state index contributed by atoms with van der Waals surface area (Å²) >= 11 is 0. The van der Waals surface area contributed by atoms with Crippen molar-refractivity contribution < 1.29 is 31.5 Å². The molecule has 0 aliphatic carbocycles. The molecule has 1 rings (SSSR count). The van der Waals surface area contributed by atoms with Crippen LogP contribution in [0.5, 0.6) is 0 Å². The zero-order valence-corrected chi connectivity index (χ0v) is 13.6. The summed E-state index contributed by atoms with van der Waals surface area (Å²) in [6.07, 6.45) is -5.04. The van der Waals surface area contributed by atoms with Gasteiger partial charge in [-0.05, 0) is 38.5 Å². The molecule has 0 amide bonds. The number of carboxylic acids is 1. The van der Waals surface area contributed by atoms with Crippen LogP contribution in [0.4, 0.5) is 13.2 Å². The molecule has 0 unspecified atom stereocenters. The minimum atomic E-state index is -4.71. The van der Waals surface area contributed by atoms with E-state index in [0.717, 1.165) is 0 Å². The number of nitrogens with one attached hydrogen (secondary N) is 1. The lowest BCUT2D eigenvalue weighted by Gasteiger charge is -2.25. The van der Waals surface area contributed by atoms with Crippen molar-refractivity contribution >= 4 is 16.0 Å². The third-order valence-corrected chi connectivity index (χ3v) is 4.85. The first-order chi connectivity index (χ1) is 10.8. The Morgan fingerprint density at radius 1 is 1.33 bits per heavy atom. The fourth-order valence-corrected chi connectivity index (χ4v) is 3.50. The van der Waals surface area contributed by atoms with Gasteiger partial charge in [-0.1, -0.05) is 0 Å². The molecule has 0 radical (unpaired) electrons. The lowest BCUT2D eigenvalue weighted by molar-refractivity contribution is -0.138. The van der Waals surface area contributed by atoms with Crippen molar-refractivity contribution in [3.05, 3.63) is 29.3 Å². The number of rotatable bonds is 6. The highest BCUT2D eigenvalue weighted by molar-refractivity contribution is 7.89. The second-order valence-corrected chi connectivity index (χ2v) is 7.35. The Balaban J connectivity index is 3.20. The highest BCUT2D eigenvalue weighted by Crippen LogP contribution is 2.31. The summed E-state index contributed by atoms with van der Waals surface area (Å²) in [6.45, 7) is 2.87. The van der Waals surface area contributed by atoms with Crippen LogP contribution in [0.2, 0.25) is 0 Å². The monoisotopic (exact) mass is 364 g/mol. The Labute approximate surface area is 137 Å². The fraction of sp³-hybridized carbons (Fsp3) is 0.429. The average molecular weight is 364 g/mol. The molecule has 6 nitrogen and oxygen atoms in total. The number of halogens is 3. The Kier molecular flexibility index (Phi) is 5.63. The van der Waals surface area contributed by atoms with E-state index >= 15 is 0 Å². The van der Waals surface area contributed by atoms with Gasteiger partial charge in [0.15, 0.2) is 0 Å². The molecular weight excluding hydrogens is 349 g/mol. The normalized spacial score (nSPS) is 12.7. The zero-order chi connectivity index (χ0) is 18.8. The second-order valence-electron chi connectivity index (χ2n) is 5.70. The number of hydrogen-bond acceptors (Lipinski definition) is 4. The number of sulfonamides is 1. The van der Waals surface area contributed by atoms with Crippen LogP contribution in [0.1, 0.15) is 37.8 Å². The molecule has 0 heterocycles. The van der Waals surface area contributed by atoms with Crippen LogP contribution in [0.25, 0.3) is 0 Å². The van der Waals surface area contributed by atoms with Gasteiger partial charge in [0.2, 0.25) is 10.0 Å². The third-order valence-electron chi connectivity index (χ3n) is 3.09. The largest absolute Gasteiger partial charge is 0.481 e. The summed E-state index contributed by atoms with van der Waals surface area (Å²) in [6, 6.07) is 3.17. The van der Waals surface area contributed by atoms with E-state index < -0.39 is 43.7 Å². The third kappa shape index (κ3) is 5.21. The van der Waals surface area contributed by atoms with Gasteiger partial charge in [0.05, 0.1) is 16.0 Å². The van der Waals surface area contributed by atoms with E-state index in [-0.39, 0.29) is 12.8 Å². The molecule has 1 aromatic carbocycles. The predicted molar refractivity (Wildman–Crippen MR) is 77.4 cm³/mol. The van der Waals surface area contributed by atoms with Crippen molar-refractivity contribution in [2.75, 3.05) is 0 Å². The topological polar surface area (TPSA) is 107 Å². The SMILES string of the molecule is CC(C)(CCC(=O)O)NS(=O)(=O)c1ccc(C(F)(F)F)cc1C#N. The van der Waals surface area contributed by atoms with E-state index in [1.165, 1.54) is 19.9 Å². The van der Waals surface area contributed by atoms with Crippen molar-refractivity contribution in [1.82, 2.24) is 4.72 Å².